The molecule has 0 bridgehead atoms. The SMILES string of the molecule is CC(C)OC(=O)NS(=O)(=O)Nc1ccc2c(c1)NCCC2. The summed E-state index contributed by atoms with van der Waals surface area (Å²) >= 11 is 0. The largest absolute Gasteiger partial charge is 0.446 e. The molecule has 2 rings (SSSR count). The van der Waals surface area contributed by atoms with Crippen molar-refractivity contribution in [2.45, 2.75) is 32.8 Å². The van der Waals surface area contributed by atoms with Crippen LogP contribution >= 0.6 is 0 Å². The quantitative estimate of drug-likeness (QED) is 0.788. The van der Waals surface area contributed by atoms with E-state index in [1.807, 2.05) is 6.07 Å². The molecule has 1 aromatic rings. The van der Waals surface area contributed by atoms with Crippen molar-refractivity contribution in [2.24, 2.45) is 0 Å². The predicted molar refractivity (Wildman–Crippen MR) is 80.5 cm³/mol. The highest BCUT2D eigenvalue weighted by Crippen LogP contribution is 2.25. The molecule has 0 unspecified atom stereocenters. The Balaban J connectivity index is 2.04. The van der Waals surface area contributed by atoms with Crippen LogP contribution in [0.1, 0.15) is 25.8 Å². The molecule has 1 heterocycles. The molecule has 3 N–H and O–H groups in total. The second-order valence-corrected chi connectivity index (χ2v) is 6.48. The summed E-state index contributed by atoms with van der Waals surface area (Å²) in [7, 11) is -4.01. The van der Waals surface area contributed by atoms with E-state index in [4.69, 9.17) is 4.74 Å². The van der Waals surface area contributed by atoms with E-state index in [9.17, 15) is 13.2 Å². The molecular formula is C13H19N3O4S. The Morgan fingerprint density at radius 1 is 1.38 bits per heavy atom. The molecule has 7 nitrogen and oxygen atoms in total. The lowest BCUT2D eigenvalue weighted by molar-refractivity contribution is 0.121. The third-order valence-corrected chi connectivity index (χ3v) is 3.80. The Kier molecular flexibility index (Phi) is 4.56. The summed E-state index contributed by atoms with van der Waals surface area (Å²) in [6, 6.07) is 5.24. The molecule has 8 heteroatoms. The first-order chi connectivity index (χ1) is 9.85. The van der Waals surface area contributed by atoms with Gasteiger partial charge in [0.05, 0.1) is 11.8 Å². The Morgan fingerprint density at radius 3 is 2.86 bits per heavy atom. The molecule has 1 aliphatic rings. The van der Waals surface area contributed by atoms with Gasteiger partial charge in [0.1, 0.15) is 0 Å². The van der Waals surface area contributed by atoms with E-state index in [2.05, 4.69) is 10.0 Å². The molecule has 0 saturated carbocycles. The number of hydrogen-bond donors (Lipinski definition) is 3. The first kappa shape index (κ1) is 15.4. The number of aryl methyl sites for hydroxylation is 1. The van der Waals surface area contributed by atoms with E-state index >= 15 is 0 Å². The molecule has 21 heavy (non-hydrogen) atoms. The molecule has 0 fully saturated rings. The number of carbonyl (C=O) groups is 1. The van der Waals surface area contributed by atoms with Gasteiger partial charge >= 0.3 is 16.3 Å². The van der Waals surface area contributed by atoms with Crippen molar-refractivity contribution < 1.29 is 17.9 Å². The fourth-order valence-electron chi connectivity index (χ4n) is 2.05. The number of anilines is 2. The van der Waals surface area contributed by atoms with Gasteiger partial charge in [-0.05, 0) is 44.4 Å². The van der Waals surface area contributed by atoms with E-state index in [1.54, 1.807) is 30.7 Å². The smallest absolute Gasteiger partial charge is 0.422 e. The monoisotopic (exact) mass is 313 g/mol. The van der Waals surface area contributed by atoms with Crippen LogP contribution in [-0.2, 0) is 21.4 Å². The van der Waals surface area contributed by atoms with Crippen LogP contribution < -0.4 is 14.8 Å². The summed E-state index contributed by atoms with van der Waals surface area (Å²) in [6.45, 7) is 4.13. The number of benzene rings is 1. The maximum atomic E-state index is 11.8. The maximum absolute atomic E-state index is 11.8. The zero-order chi connectivity index (χ0) is 15.5. The minimum atomic E-state index is -4.01. The molecule has 0 aromatic heterocycles. The fourth-order valence-corrected chi connectivity index (χ4v) is 2.81. The minimum absolute atomic E-state index is 0.382. The summed E-state index contributed by atoms with van der Waals surface area (Å²) in [5, 5.41) is 3.21. The number of rotatable bonds is 4. The second kappa shape index (κ2) is 6.21. The van der Waals surface area contributed by atoms with E-state index in [1.165, 1.54) is 0 Å². The number of fused-ring (bicyclic) bond motifs is 1. The molecule has 1 amide bonds. The van der Waals surface area contributed by atoms with Crippen molar-refractivity contribution in [1.29, 1.82) is 0 Å². The van der Waals surface area contributed by atoms with Crippen LogP contribution in [0, 0.1) is 0 Å². The summed E-state index contributed by atoms with van der Waals surface area (Å²) < 4.78 is 32.5. The zero-order valence-corrected chi connectivity index (χ0v) is 12.8. The fraction of sp³-hybridized carbons (Fsp3) is 0.462. The van der Waals surface area contributed by atoms with Crippen LogP contribution in [-0.4, -0.2) is 27.2 Å². The van der Waals surface area contributed by atoms with Crippen molar-refractivity contribution >= 4 is 27.7 Å². The van der Waals surface area contributed by atoms with Crippen molar-refractivity contribution in [3.8, 4) is 0 Å². The molecular weight excluding hydrogens is 294 g/mol. The molecule has 1 aliphatic heterocycles. The van der Waals surface area contributed by atoms with Gasteiger partial charge in [-0.15, -0.1) is 0 Å². The highest BCUT2D eigenvalue weighted by atomic mass is 32.2. The molecule has 0 aliphatic carbocycles. The molecule has 0 saturated heterocycles. The Morgan fingerprint density at radius 2 is 2.14 bits per heavy atom. The number of ether oxygens (including phenoxy) is 1. The maximum Gasteiger partial charge on any atom is 0.422 e. The lowest BCUT2D eigenvalue weighted by Gasteiger charge is -2.19. The first-order valence-corrected chi connectivity index (χ1v) is 8.22. The Labute approximate surface area is 124 Å². The van der Waals surface area contributed by atoms with E-state index < -0.39 is 22.4 Å². The van der Waals surface area contributed by atoms with Gasteiger partial charge in [0, 0.05) is 12.2 Å². The number of hydrogen-bond acceptors (Lipinski definition) is 5. The summed E-state index contributed by atoms with van der Waals surface area (Å²) in [5.74, 6) is 0. The number of nitrogens with one attached hydrogen (secondary N) is 3. The van der Waals surface area contributed by atoms with Crippen LogP contribution in [0.4, 0.5) is 16.2 Å². The molecule has 0 atom stereocenters. The second-order valence-electron chi connectivity index (χ2n) is 5.06. The van der Waals surface area contributed by atoms with Crippen molar-refractivity contribution in [3.05, 3.63) is 23.8 Å². The summed E-state index contributed by atoms with van der Waals surface area (Å²) in [4.78, 5) is 11.3. The van der Waals surface area contributed by atoms with Gasteiger partial charge in [-0.1, -0.05) is 6.07 Å². The van der Waals surface area contributed by atoms with E-state index in [0.29, 0.717) is 5.69 Å². The van der Waals surface area contributed by atoms with Crippen LogP contribution in [0.2, 0.25) is 0 Å². The number of carbonyl (C=O) groups excluding carboxylic acids is 1. The lowest BCUT2D eigenvalue weighted by atomic mass is 10.0. The van der Waals surface area contributed by atoms with Gasteiger partial charge in [0.2, 0.25) is 0 Å². The van der Waals surface area contributed by atoms with Crippen molar-refractivity contribution in [1.82, 2.24) is 4.72 Å². The molecule has 116 valence electrons. The van der Waals surface area contributed by atoms with Gasteiger partial charge in [0.25, 0.3) is 0 Å². The minimum Gasteiger partial charge on any atom is -0.446 e. The first-order valence-electron chi connectivity index (χ1n) is 6.74. The average Bonchev–Trinajstić information content (AvgIpc) is 2.36. The lowest BCUT2D eigenvalue weighted by Crippen LogP contribution is -2.36. The van der Waals surface area contributed by atoms with Crippen LogP contribution in [0.5, 0.6) is 0 Å². The van der Waals surface area contributed by atoms with Crippen molar-refractivity contribution in [2.75, 3.05) is 16.6 Å². The zero-order valence-electron chi connectivity index (χ0n) is 12.0. The Hall–Kier alpha value is -1.96. The van der Waals surface area contributed by atoms with Gasteiger partial charge in [-0.3, -0.25) is 4.72 Å². The van der Waals surface area contributed by atoms with E-state index in [-0.39, 0.29) is 0 Å². The van der Waals surface area contributed by atoms with Gasteiger partial charge < -0.3 is 10.1 Å². The number of amides is 1. The third-order valence-electron chi connectivity index (χ3n) is 2.86. The normalized spacial score (nSPS) is 14.0. The Bertz CT molecular complexity index is 628. The average molecular weight is 313 g/mol. The van der Waals surface area contributed by atoms with Crippen molar-refractivity contribution in [3.63, 3.8) is 0 Å². The van der Waals surface area contributed by atoms with Crippen LogP contribution in [0.15, 0.2) is 18.2 Å². The van der Waals surface area contributed by atoms with E-state index in [0.717, 1.165) is 30.6 Å². The predicted octanol–water partition coefficient (Wildman–Crippen LogP) is 1.84. The molecule has 1 aromatic carbocycles. The van der Waals surface area contributed by atoms with Gasteiger partial charge in [-0.25, -0.2) is 9.52 Å². The standard InChI is InChI=1S/C13H19N3O4S/c1-9(2)20-13(17)16-21(18,19)15-11-6-5-10-4-3-7-14-12(10)8-11/h5-6,8-9,14-15H,3-4,7H2,1-2H3,(H,16,17). The topological polar surface area (TPSA) is 96.5 Å². The third kappa shape index (κ3) is 4.52. The van der Waals surface area contributed by atoms with Gasteiger partial charge in [-0.2, -0.15) is 8.42 Å². The molecule has 0 radical (unpaired) electrons. The van der Waals surface area contributed by atoms with Crippen LogP contribution in [0.3, 0.4) is 0 Å². The summed E-state index contributed by atoms with van der Waals surface area (Å²) in [5.41, 5.74) is 2.44. The molecule has 0 spiro atoms. The summed E-state index contributed by atoms with van der Waals surface area (Å²) in [6.07, 6.45) is 0.622. The highest BCUT2D eigenvalue weighted by molar-refractivity contribution is 7.91. The van der Waals surface area contributed by atoms with Gasteiger partial charge in [0.15, 0.2) is 0 Å². The van der Waals surface area contributed by atoms with Crippen LogP contribution in [0.25, 0.3) is 0 Å². The highest BCUT2D eigenvalue weighted by Gasteiger charge is 2.17.